The average Bonchev–Trinajstić information content (AvgIpc) is 1.84. The standard InChI is InChI=1S/C4H6O6.Na.4H2O.Rb/c5-1(3(7)8)2(6)4(9)10;;;;;;/h1-2,5-6H,(H,7,8)(H,9,10);;4*1H2;/q;+1;;;;;+1/p-2/t1-,2-;;;;;;/m0....../s1. The average molecular weight is 329 g/mol. The number of carbonyl (C=O) groups excluding carboxylic acids is 2. The molecule has 0 aromatic rings. The smallest absolute Gasteiger partial charge is 0.547 e. The zero-order valence-corrected chi connectivity index (χ0v) is 15.6. The van der Waals surface area contributed by atoms with Gasteiger partial charge in [0.15, 0.2) is 0 Å². The number of hydrogen-bond donors (Lipinski definition) is 2. The first-order valence-electron chi connectivity index (χ1n) is 2.24. The molecule has 0 saturated carbocycles. The normalized spacial score (nSPS) is 9.88. The van der Waals surface area contributed by atoms with Crippen molar-refractivity contribution in [3.8, 4) is 0 Å². The quantitative estimate of drug-likeness (QED) is 0.475. The molecule has 0 radical (unpaired) electrons. The number of hydrogen-bond acceptors (Lipinski definition) is 6. The first-order chi connectivity index (χ1) is 4.46. The molecule has 0 unspecified atom stereocenters. The molecule has 2 atom stereocenters. The molecule has 10 nitrogen and oxygen atoms in total. The predicted molar refractivity (Wildman–Crippen MR) is 36.5 cm³/mol. The molecular formula is C4H12NaO10Rb. The van der Waals surface area contributed by atoms with Gasteiger partial charge in [-0.1, -0.05) is 0 Å². The molecule has 0 bridgehead atoms. The maximum absolute atomic E-state index is 9.63. The summed E-state index contributed by atoms with van der Waals surface area (Å²) in [6.45, 7) is 0. The van der Waals surface area contributed by atoms with Crippen LogP contribution >= 0.6 is 0 Å². The van der Waals surface area contributed by atoms with Crippen LogP contribution < -0.4 is 98.0 Å². The summed E-state index contributed by atoms with van der Waals surface area (Å²) in [5.74, 6) is -4.12. The summed E-state index contributed by atoms with van der Waals surface area (Å²) in [6.07, 6.45) is -4.88. The van der Waals surface area contributed by atoms with E-state index in [1.165, 1.54) is 0 Å². The van der Waals surface area contributed by atoms with E-state index in [1.807, 2.05) is 0 Å². The molecule has 0 aliphatic heterocycles. The predicted octanol–water partition coefficient (Wildman–Crippen LogP) is -14.1. The van der Waals surface area contributed by atoms with Gasteiger partial charge in [-0.05, 0) is 0 Å². The molecule has 0 aromatic heterocycles. The number of carbonyl (C=O) groups is 2. The molecule has 90 valence electrons. The van der Waals surface area contributed by atoms with Gasteiger partial charge in [-0.15, -0.1) is 0 Å². The minimum Gasteiger partial charge on any atom is -0.547 e. The Morgan fingerprint density at radius 1 is 0.812 bits per heavy atom. The van der Waals surface area contributed by atoms with Crippen molar-refractivity contribution in [2.75, 3.05) is 0 Å². The van der Waals surface area contributed by atoms with Crippen LogP contribution in [0.15, 0.2) is 0 Å². The fraction of sp³-hybridized carbons (Fsp3) is 0.500. The number of aliphatic carboxylic acids is 2. The van der Waals surface area contributed by atoms with E-state index < -0.39 is 24.1 Å². The molecule has 10 N–H and O–H groups in total. The van der Waals surface area contributed by atoms with E-state index in [1.54, 1.807) is 0 Å². The van der Waals surface area contributed by atoms with E-state index in [9.17, 15) is 19.8 Å². The molecule has 0 aliphatic carbocycles. The van der Waals surface area contributed by atoms with Crippen LogP contribution in [0.1, 0.15) is 0 Å². The summed E-state index contributed by atoms with van der Waals surface area (Å²) in [7, 11) is 0. The van der Waals surface area contributed by atoms with Crippen molar-refractivity contribution in [1.29, 1.82) is 0 Å². The van der Waals surface area contributed by atoms with Gasteiger partial charge in [0, 0.05) is 0 Å². The number of carboxylic acids is 2. The maximum atomic E-state index is 9.63. The van der Waals surface area contributed by atoms with Crippen molar-refractivity contribution in [2.45, 2.75) is 12.2 Å². The summed E-state index contributed by atoms with van der Waals surface area (Å²) in [5.41, 5.74) is 0. The van der Waals surface area contributed by atoms with Crippen LogP contribution in [0.25, 0.3) is 0 Å². The Morgan fingerprint density at radius 3 is 1.00 bits per heavy atom. The second-order valence-corrected chi connectivity index (χ2v) is 1.53. The van der Waals surface area contributed by atoms with Crippen molar-refractivity contribution in [3.63, 3.8) is 0 Å². The third-order valence-electron chi connectivity index (χ3n) is 0.782. The Morgan fingerprint density at radius 2 is 0.938 bits per heavy atom. The fourth-order valence-electron chi connectivity index (χ4n) is 0.258. The van der Waals surface area contributed by atoms with Gasteiger partial charge in [-0.3, -0.25) is 0 Å². The third-order valence-corrected chi connectivity index (χ3v) is 0.782. The molecule has 0 heterocycles. The molecule has 0 saturated heterocycles. The van der Waals surface area contributed by atoms with E-state index in [0.29, 0.717) is 0 Å². The van der Waals surface area contributed by atoms with Crippen LogP contribution in [0, 0.1) is 0 Å². The van der Waals surface area contributed by atoms with Crippen LogP contribution in [0.3, 0.4) is 0 Å². The summed E-state index contributed by atoms with van der Waals surface area (Å²) in [6, 6.07) is 0. The fourth-order valence-corrected chi connectivity index (χ4v) is 0.258. The van der Waals surface area contributed by atoms with Crippen molar-refractivity contribution < 1.29 is 140 Å². The Hall–Kier alpha value is 1.51. The molecule has 0 spiro atoms. The Kier molecular flexibility index (Phi) is 58.8. The zero-order valence-electron chi connectivity index (χ0n) is 8.68. The van der Waals surface area contributed by atoms with Gasteiger partial charge in [0.05, 0.1) is 11.9 Å². The van der Waals surface area contributed by atoms with Crippen LogP contribution in [-0.4, -0.2) is 56.3 Å². The summed E-state index contributed by atoms with van der Waals surface area (Å²) in [5, 5.41) is 35.7. The van der Waals surface area contributed by atoms with E-state index in [0.717, 1.165) is 0 Å². The molecule has 0 aliphatic rings. The van der Waals surface area contributed by atoms with Crippen LogP contribution in [-0.2, 0) is 9.59 Å². The molecule has 0 amide bonds. The van der Waals surface area contributed by atoms with Gasteiger partial charge in [0.1, 0.15) is 12.2 Å². The molecule has 12 heteroatoms. The van der Waals surface area contributed by atoms with Gasteiger partial charge < -0.3 is 51.9 Å². The minimum absolute atomic E-state index is 0. The van der Waals surface area contributed by atoms with Crippen LogP contribution in [0.4, 0.5) is 0 Å². The van der Waals surface area contributed by atoms with Gasteiger partial charge in [0.2, 0.25) is 0 Å². The number of rotatable bonds is 3. The van der Waals surface area contributed by atoms with Crippen molar-refractivity contribution in [1.82, 2.24) is 0 Å². The molecule has 0 fully saturated rings. The third kappa shape index (κ3) is 17.9. The monoisotopic (exact) mass is 328 g/mol. The maximum Gasteiger partial charge on any atom is 1.00 e. The van der Waals surface area contributed by atoms with Crippen molar-refractivity contribution in [2.24, 2.45) is 0 Å². The van der Waals surface area contributed by atoms with Crippen molar-refractivity contribution >= 4 is 11.9 Å². The first kappa shape index (κ1) is 43.2. The Labute approximate surface area is 161 Å². The van der Waals surface area contributed by atoms with Crippen molar-refractivity contribution in [3.05, 3.63) is 0 Å². The summed E-state index contributed by atoms with van der Waals surface area (Å²) >= 11 is 0. The molecule has 0 rings (SSSR count). The minimum atomic E-state index is -2.44. The molecular weight excluding hydrogens is 316 g/mol. The van der Waals surface area contributed by atoms with Gasteiger partial charge >= 0.3 is 87.7 Å². The number of aliphatic hydroxyl groups is 2. The zero-order chi connectivity index (χ0) is 8.31. The van der Waals surface area contributed by atoms with E-state index in [4.69, 9.17) is 10.2 Å². The first-order valence-corrected chi connectivity index (χ1v) is 2.24. The topological polar surface area (TPSA) is 247 Å². The summed E-state index contributed by atoms with van der Waals surface area (Å²) in [4.78, 5) is 19.3. The summed E-state index contributed by atoms with van der Waals surface area (Å²) < 4.78 is 0. The number of carboxylic acid groups (broad SMARTS) is 2. The van der Waals surface area contributed by atoms with E-state index >= 15 is 0 Å². The number of aliphatic hydroxyl groups excluding tert-OH is 2. The SMILES string of the molecule is O.O.O.O.O=C([O-])[C@@H](O)[C@H](O)C(=O)[O-].[Na+].[Rb+]. The van der Waals surface area contributed by atoms with Crippen LogP contribution in [0.5, 0.6) is 0 Å². The Balaban J connectivity index is -0.0000000270. The molecule has 16 heavy (non-hydrogen) atoms. The second-order valence-electron chi connectivity index (χ2n) is 1.53. The Bertz CT molecular complexity index is 147. The van der Waals surface area contributed by atoms with E-state index in [-0.39, 0.29) is 110 Å². The van der Waals surface area contributed by atoms with Gasteiger partial charge in [-0.25, -0.2) is 0 Å². The van der Waals surface area contributed by atoms with Gasteiger partial charge in [0.25, 0.3) is 0 Å². The van der Waals surface area contributed by atoms with E-state index in [2.05, 4.69) is 0 Å². The largest absolute Gasteiger partial charge is 1.00 e. The second kappa shape index (κ2) is 21.8. The van der Waals surface area contributed by atoms with Gasteiger partial charge in [-0.2, -0.15) is 0 Å². The van der Waals surface area contributed by atoms with Crippen LogP contribution in [0.2, 0.25) is 0 Å². The molecule has 0 aromatic carbocycles.